The lowest BCUT2D eigenvalue weighted by Gasteiger charge is -2.34. The van der Waals surface area contributed by atoms with Gasteiger partial charge in [0.2, 0.25) is 0 Å². The molecule has 0 spiro atoms. The minimum atomic E-state index is -0.310. The lowest BCUT2D eigenvalue weighted by Crippen LogP contribution is -2.47. The molecule has 2 heteroatoms. The van der Waals surface area contributed by atoms with E-state index < -0.39 is 0 Å². The summed E-state index contributed by atoms with van der Waals surface area (Å²) < 4.78 is 0. The predicted molar refractivity (Wildman–Crippen MR) is 61.4 cm³/mol. The van der Waals surface area contributed by atoms with Gasteiger partial charge in [0, 0.05) is 6.42 Å². The van der Waals surface area contributed by atoms with Crippen LogP contribution in [0.4, 0.5) is 0 Å². The molecule has 0 N–H and O–H groups in total. The Hall–Kier alpha value is -0.630. The van der Waals surface area contributed by atoms with E-state index in [-0.39, 0.29) is 5.54 Å². The van der Waals surface area contributed by atoms with Crippen LogP contribution in [0.15, 0.2) is 12.2 Å². The largest absolute Gasteiger partial charge is 0.298 e. The molecule has 0 aromatic carbocycles. The molecule has 2 nitrogen and oxygen atoms in total. The topological polar surface area (TPSA) is 20.3 Å². The predicted octanol–water partition coefficient (Wildman–Crippen LogP) is 2.64. The van der Waals surface area contributed by atoms with Gasteiger partial charge in [-0.05, 0) is 40.8 Å². The summed E-state index contributed by atoms with van der Waals surface area (Å²) in [6, 6.07) is 0. The third-order valence-electron chi connectivity index (χ3n) is 3.06. The van der Waals surface area contributed by atoms with Crippen molar-refractivity contribution in [2.45, 2.75) is 45.6 Å². The molecule has 1 unspecified atom stereocenters. The van der Waals surface area contributed by atoms with Crippen molar-refractivity contribution in [2.24, 2.45) is 0 Å². The quantitative estimate of drug-likeness (QED) is 0.610. The Balaban J connectivity index is 4.39. The lowest BCUT2D eigenvalue weighted by molar-refractivity contribution is -0.129. The number of carbonyl (C=O) groups is 1. The van der Waals surface area contributed by atoms with Crippen molar-refractivity contribution in [1.82, 2.24) is 4.90 Å². The summed E-state index contributed by atoms with van der Waals surface area (Å²) in [5.74, 6) is 0.313. The Morgan fingerprint density at radius 1 is 1.36 bits per heavy atom. The molecule has 0 heterocycles. The molecule has 0 aliphatic heterocycles. The highest BCUT2D eigenvalue weighted by atomic mass is 16.1. The normalized spacial score (nSPS) is 15.3. The summed E-state index contributed by atoms with van der Waals surface area (Å²) in [4.78, 5) is 14.0. The van der Waals surface area contributed by atoms with Gasteiger partial charge in [-0.2, -0.15) is 0 Å². The summed E-state index contributed by atoms with van der Waals surface area (Å²) in [7, 11) is 3.92. The standard InChI is InChI=1S/C12H23NO/c1-7-12(4,13(5)6)11(14)9-8-10(2)3/h2,7-9H2,1,3-6H3. The Labute approximate surface area is 88.0 Å². The first-order chi connectivity index (χ1) is 6.34. The highest BCUT2D eigenvalue weighted by molar-refractivity contribution is 5.88. The average Bonchev–Trinajstić information content (AvgIpc) is 2.12. The van der Waals surface area contributed by atoms with Crippen molar-refractivity contribution < 1.29 is 4.79 Å². The molecule has 0 aliphatic rings. The van der Waals surface area contributed by atoms with E-state index in [2.05, 4.69) is 13.5 Å². The van der Waals surface area contributed by atoms with E-state index in [1.165, 1.54) is 0 Å². The van der Waals surface area contributed by atoms with Crippen molar-refractivity contribution in [2.75, 3.05) is 14.1 Å². The minimum Gasteiger partial charge on any atom is -0.298 e. The molecule has 0 saturated carbocycles. The molecular formula is C12H23NO. The second-order valence-electron chi connectivity index (χ2n) is 4.40. The lowest BCUT2D eigenvalue weighted by atomic mass is 9.88. The number of carbonyl (C=O) groups excluding carboxylic acids is 1. The minimum absolute atomic E-state index is 0.310. The monoisotopic (exact) mass is 197 g/mol. The van der Waals surface area contributed by atoms with Gasteiger partial charge in [-0.1, -0.05) is 12.5 Å². The van der Waals surface area contributed by atoms with Gasteiger partial charge in [-0.25, -0.2) is 0 Å². The molecule has 0 saturated heterocycles. The fourth-order valence-electron chi connectivity index (χ4n) is 1.36. The number of allylic oxidation sites excluding steroid dienone is 1. The number of Topliss-reactive ketones (excluding diaryl/α,β-unsaturated/α-hetero) is 1. The number of ketones is 1. The maximum absolute atomic E-state index is 12.0. The van der Waals surface area contributed by atoms with Crippen LogP contribution >= 0.6 is 0 Å². The molecule has 82 valence electrons. The van der Waals surface area contributed by atoms with Crippen LogP contribution in [-0.4, -0.2) is 30.3 Å². The number of hydrogen-bond donors (Lipinski definition) is 0. The van der Waals surface area contributed by atoms with Gasteiger partial charge in [-0.15, -0.1) is 6.58 Å². The van der Waals surface area contributed by atoms with Crippen molar-refractivity contribution in [3.8, 4) is 0 Å². The number of likely N-dealkylation sites (N-methyl/N-ethyl adjacent to an activating group) is 1. The second kappa shape index (κ2) is 5.30. The van der Waals surface area contributed by atoms with Crippen LogP contribution in [0.2, 0.25) is 0 Å². The molecule has 1 atom stereocenters. The van der Waals surface area contributed by atoms with Gasteiger partial charge in [0.05, 0.1) is 5.54 Å². The zero-order valence-electron chi connectivity index (χ0n) is 10.2. The van der Waals surface area contributed by atoms with E-state index in [4.69, 9.17) is 0 Å². The van der Waals surface area contributed by atoms with Crippen LogP contribution in [0.1, 0.15) is 40.0 Å². The number of hydrogen-bond acceptors (Lipinski definition) is 2. The molecule has 0 radical (unpaired) electrons. The maximum Gasteiger partial charge on any atom is 0.153 e. The number of rotatable bonds is 6. The highest BCUT2D eigenvalue weighted by Crippen LogP contribution is 2.20. The first kappa shape index (κ1) is 13.4. The number of nitrogens with zero attached hydrogens (tertiary/aromatic N) is 1. The molecule has 0 amide bonds. The fraction of sp³-hybridized carbons (Fsp3) is 0.750. The van der Waals surface area contributed by atoms with Gasteiger partial charge < -0.3 is 0 Å². The van der Waals surface area contributed by atoms with Gasteiger partial charge in [0.15, 0.2) is 5.78 Å². The van der Waals surface area contributed by atoms with E-state index in [0.717, 1.165) is 18.4 Å². The molecule has 14 heavy (non-hydrogen) atoms. The highest BCUT2D eigenvalue weighted by Gasteiger charge is 2.32. The first-order valence-corrected chi connectivity index (χ1v) is 5.19. The fourth-order valence-corrected chi connectivity index (χ4v) is 1.36. The summed E-state index contributed by atoms with van der Waals surface area (Å²) in [6.45, 7) is 9.84. The van der Waals surface area contributed by atoms with Crippen LogP contribution in [0.3, 0.4) is 0 Å². The Morgan fingerprint density at radius 3 is 2.14 bits per heavy atom. The first-order valence-electron chi connectivity index (χ1n) is 5.19. The van der Waals surface area contributed by atoms with Gasteiger partial charge >= 0.3 is 0 Å². The van der Waals surface area contributed by atoms with Gasteiger partial charge in [-0.3, -0.25) is 9.69 Å². The molecular weight excluding hydrogens is 174 g/mol. The van der Waals surface area contributed by atoms with E-state index >= 15 is 0 Å². The van der Waals surface area contributed by atoms with Gasteiger partial charge in [0.1, 0.15) is 0 Å². The Morgan fingerprint density at radius 2 is 1.86 bits per heavy atom. The van der Waals surface area contributed by atoms with Gasteiger partial charge in [0.25, 0.3) is 0 Å². The SMILES string of the molecule is C=C(C)CCC(=O)C(C)(CC)N(C)C. The molecule has 0 aromatic heterocycles. The van der Waals surface area contributed by atoms with Crippen LogP contribution in [-0.2, 0) is 4.79 Å². The summed E-state index contributed by atoms with van der Waals surface area (Å²) in [5.41, 5.74) is 0.769. The zero-order chi connectivity index (χ0) is 11.4. The Bertz CT molecular complexity index is 220. The van der Waals surface area contributed by atoms with Crippen LogP contribution in [0.5, 0.6) is 0 Å². The molecule has 0 fully saturated rings. The second-order valence-corrected chi connectivity index (χ2v) is 4.40. The van der Waals surface area contributed by atoms with Crippen LogP contribution in [0, 0.1) is 0 Å². The third kappa shape index (κ3) is 3.26. The maximum atomic E-state index is 12.0. The van der Waals surface area contributed by atoms with E-state index in [1.807, 2.05) is 32.8 Å². The van der Waals surface area contributed by atoms with Crippen molar-refractivity contribution in [1.29, 1.82) is 0 Å². The summed E-state index contributed by atoms with van der Waals surface area (Å²) in [5, 5.41) is 0. The van der Waals surface area contributed by atoms with Crippen molar-refractivity contribution >= 4 is 5.78 Å². The van der Waals surface area contributed by atoms with E-state index in [9.17, 15) is 4.79 Å². The van der Waals surface area contributed by atoms with Crippen LogP contribution < -0.4 is 0 Å². The van der Waals surface area contributed by atoms with E-state index in [1.54, 1.807) is 0 Å². The smallest absolute Gasteiger partial charge is 0.153 e. The van der Waals surface area contributed by atoms with Crippen molar-refractivity contribution in [3.63, 3.8) is 0 Å². The molecule has 0 rings (SSSR count). The Kier molecular flexibility index (Phi) is 5.06. The molecule has 0 bridgehead atoms. The summed E-state index contributed by atoms with van der Waals surface area (Å²) >= 11 is 0. The third-order valence-corrected chi connectivity index (χ3v) is 3.06. The summed E-state index contributed by atoms with van der Waals surface area (Å²) in [6.07, 6.45) is 2.27. The van der Waals surface area contributed by atoms with Crippen LogP contribution in [0.25, 0.3) is 0 Å². The molecule has 0 aromatic rings. The molecule has 0 aliphatic carbocycles. The zero-order valence-corrected chi connectivity index (χ0v) is 10.2. The van der Waals surface area contributed by atoms with Crippen molar-refractivity contribution in [3.05, 3.63) is 12.2 Å². The van der Waals surface area contributed by atoms with E-state index in [0.29, 0.717) is 12.2 Å². The average molecular weight is 197 g/mol.